The van der Waals surface area contributed by atoms with Gasteiger partial charge in [-0.25, -0.2) is 4.72 Å². The van der Waals surface area contributed by atoms with E-state index >= 15 is 0 Å². The molecule has 2 fully saturated rings. The maximum atomic E-state index is 12.3. The summed E-state index contributed by atoms with van der Waals surface area (Å²) in [6.45, 7) is 4.43. The van der Waals surface area contributed by atoms with Crippen LogP contribution in [0, 0.1) is 17.8 Å². The molecule has 0 aromatic rings. The number of piperidine rings is 1. The summed E-state index contributed by atoms with van der Waals surface area (Å²) in [6.07, 6.45) is 3.47. The molecular weight excluding hydrogens is 280 g/mol. The van der Waals surface area contributed by atoms with Crippen molar-refractivity contribution < 1.29 is 18.3 Å². The van der Waals surface area contributed by atoms with Gasteiger partial charge in [-0.15, -0.1) is 0 Å². The van der Waals surface area contributed by atoms with Gasteiger partial charge >= 0.3 is 5.97 Å². The summed E-state index contributed by atoms with van der Waals surface area (Å²) in [5.74, 6) is -0.889. The third-order valence-electron chi connectivity index (χ3n) is 4.28. The first-order chi connectivity index (χ1) is 9.29. The van der Waals surface area contributed by atoms with Crippen LogP contribution in [0.5, 0.6) is 0 Å². The second-order valence-electron chi connectivity index (χ2n) is 6.42. The van der Waals surface area contributed by atoms with Crippen LogP contribution in [0.4, 0.5) is 0 Å². The number of rotatable bonds is 7. The van der Waals surface area contributed by atoms with Crippen molar-refractivity contribution in [1.82, 2.24) is 9.03 Å². The summed E-state index contributed by atoms with van der Waals surface area (Å²) >= 11 is 0. The predicted molar refractivity (Wildman–Crippen MR) is 75.3 cm³/mol. The maximum Gasteiger partial charge on any atom is 0.307 e. The van der Waals surface area contributed by atoms with Crippen LogP contribution in [0.2, 0.25) is 0 Å². The smallest absolute Gasteiger partial charge is 0.307 e. The van der Waals surface area contributed by atoms with Crippen LogP contribution >= 0.6 is 0 Å². The first-order valence-electron chi connectivity index (χ1n) is 7.29. The van der Waals surface area contributed by atoms with E-state index in [4.69, 9.17) is 5.11 Å². The minimum absolute atomic E-state index is 0.0241. The molecule has 1 heterocycles. The van der Waals surface area contributed by atoms with Crippen LogP contribution in [-0.4, -0.2) is 42.9 Å². The molecule has 116 valence electrons. The third-order valence-corrected chi connectivity index (χ3v) is 5.88. The highest BCUT2D eigenvalue weighted by Gasteiger charge is 2.43. The molecule has 0 spiro atoms. The fourth-order valence-corrected chi connectivity index (χ4v) is 4.87. The number of fused-ring (bicyclic) bond motifs is 2. The first-order valence-corrected chi connectivity index (χ1v) is 8.73. The molecule has 2 bridgehead atoms. The minimum Gasteiger partial charge on any atom is -0.481 e. The predicted octanol–water partition coefficient (Wildman–Crippen LogP) is 1.05. The summed E-state index contributed by atoms with van der Waals surface area (Å²) in [6, 6.07) is 0.117. The number of nitrogens with one attached hydrogen (secondary N) is 1. The van der Waals surface area contributed by atoms with E-state index in [9.17, 15) is 13.2 Å². The zero-order chi connectivity index (χ0) is 14.9. The van der Waals surface area contributed by atoms with Crippen molar-refractivity contribution in [2.24, 2.45) is 17.8 Å². The van der Waals surface area contributed by atoms with Crippen molar-refractivity contribution in [2.75, 3.05) is 13.1 Å². The van der Waals surface area contributed by atoms with E-state index in [1.807, 2.05) is 13.8 Å². The van der Waals surface area contributed by atoms with Crippen molar-refractivity contribution >= 4 is 16.2 Å². The number of nitrogens with zero attached hydrogens (tertiary/aromatic N) is 1. The Balaban J connectivity index is 1.93. The molecule has 3 atom stereocenters. The van der Waals surface area contributed by atoms with Crippen molar-refractivity contribution in [3.63, 3.8) is 0 Å². The van der Waals surface area contributed by atoms with Crippen LogP contribution in [0.1, 0.15) is 39.5 Å². The molecule has 0 aromatic heterocycles. The molecule has 0 amide bonds. The van der Waals surface area contributed by atoms with E-state index < -0.39 is 22.1 Å². The van der Waals surface area contributed by atoms with Gasteiger partial charge in [0.2, 0.25) is 0 Å². The van der Waals surface area contributed by atoms with Crippen LogP contribution in [-0.2, 0) is 15.0 Å². The Morgan fingerprint density at radius 2 is 2.10 bits per heavy atom. The zero-order valence-corrected chi connectivity index (χ0v) is 12.9. The molecule has 20 heavy (non-hydrogen) atoms. The summed E-state index contributed by atoms with van der Waals surface area (Å²) in [5, 5.41) is 9.14. The van der Waals surface area contributed by atoms with Crippen molar-refractivity contribution in [3.8, 4) is 0 Å². The van der Waals surface area contributed by atoms with Gasteiger partial charge in [0.1, 0.15) is 0 Å². The van der Waals surface area contributed by atoms with Gasteiger partial charge in [0.25, 0.3) is 10.2 Å². The van der Waals surface area contributed by atoms with E-state index in [2.05, 4.69) is 4.72 Å². The van der Waals surface area contributed by atoms with Crippen molar-refractivity contribution in [1.29, 1.82) is 0 Å². The molecular formula is C13H24N2O4S. The second kappa shape index (κ2) is 5.99. The Hall–Kier alpha value is -0.660. The molecule has 3 unspecified atom stereocenters. The number of hydrogen-bond donors (Lipinski definition) is 2. The van der Waals surface area contributed by atoms with Gasteiger partial charge in [0, 0.05) is 19.1 Å². The van der Waals surface area contributed by atoms with Crippen LogP contribution in [0.25, 0.3) is 0 Å². The number of aliphatic carboxylic acids is 1. The second-order valence-corrected chi connectivity index (χ2v) is 8.13. The summed E-state index contributed by atoms with van der Waals surface area (Å²) in [4.78, 5) is 11.2. The molecule has 1 saturated heterocycles. The molecule has 0 aromatic carbocycles. The fourth-order valence-electron chi connectivity index (χ4n) is 3.30. The molecule has 1 aliphatic heterocycles. The third kappa shape index (κ3) is 3.51. The number of carboxylic acids is 1. The standard InChI is InChI=1S/C13H24N2O4S/c1-9(2)5-11(13(16)17)7-14-20(18,19)15-8-10-3-4-12(15)6-10/h9-12,14H,3-8H2,1-2H3,(H,16,17). The van der Waals surface area contributed by atoms with E-state index in [1.165, 1.54) is 4.31 Å². The molecule has 2 aliphatic rings. The number of carboxylic acid groups (broad SMARTS) is 1. The Morgan fingerprint density at radius 1 is 1.40 bits per heavy atom. The molecule has 7 heteroatoms. The molecule has 2 rings (SSSR count). The summed E-state index contributed by atoms with van der Waals surface area (Å²) in [5.41, 5.74) is 0. The topological polar surface area (TPSA) is 86.7 Å². The Labute approximate surface area is 120 Å². The van der Waals surface area contributed by atoms with Gasteiger partial charge in [-0.2, -0.15) is 12.7 Å². The molecule has 2 N–H and O–H groups in total. The highest BCUT2D eigenvalue weighted by Crippen LogP contribution is 2.38. The lowest BCUT2D eigenvalue weighted by molar-refractivity contribution is -0.142. The van der Waals surface area contributed by atoms with Gasteiger partial charge in [-0.05, 0) is 37.5 Å². The van der Waals surface area contributed by atoms with Crippen LogP contribution in [0.3, 0.4) is 0 Å². The lowest BCUT2D eigenvalue weighted by Crippen LogP contribution is -2.46. The highest BCUT2D eigenvalue weighted by atomic mass is 32.2. The van der Waals surface area contributed by atoms with E-state index in [-0.39, 0.29) is 18.5 Å². The molecule has 6 nitrogen and oxygen atoms in total. The number of hydrogen-bond acceptors (Lipinski definition) is 3. The zero-order valence-electron chi connectivity index (χ0n) is 12.1. The monoisotopic (exact) mass is 304 g/mol. The van der Waals surface area contributed by atoms with Crippen molar-refractivity contribution in [3.05, 3.63) is 0 Å². The Kier molecular flexibility index (Phi) is 4.71. The van der Waals surface area contributed by atoms with E-state index in [1.54, 1.807) is 0 Å². The quantitative estimate of drug-likeness (QED) is 0.736. The summed E-state index contributed by atoms with van der Waals surface area (Å²) in [7, 11) is -3.54. The van der Waals surface area contributed by atoms with Gasteiger partial charge in [0.05, 0.1) is 5.92 Å². The van der Waals surface area contributed by atoms with E-state index in [0.717, 1.165) is 19.3 Å². The number of carbonyl (C=O) groups is 1. The van der Waals surface area contributed by atoms with Crippen LogP contribution < -0.4 is 4.72 Å². The molecule has 1 aliphatic carbocycles. The Morgan fingerprint density at radius 3 is 2.55 bits per heavy atom. The average molecular weight is 304 g/mol. The average Bonchev–Trinajstić information content (AvgIpc) is 2.96. The Bertz CT molecular complexity index is 463. The van der Waals surface area contributed by atoms with Crippen molar-refractivity contribution in [2.45, 2.75) is 45.6 Å². The van der Waals surface area contributed by atoms with Gasteiger partial charge in [-0.3, -0.25) is 4.79 Å². The van der Waals surface area contributed by atoms with Crippen LogP contribution in [0.15, 0.2) is 0 Å². The lowest BCUT2D eigenvalue weighted by Gasteiger charge is -2.27. The fraction of sp³-hybridized carbons (Fsp3) is 0.923. The van der Waals surface area contributed by atoms with Gasteiger partial charge < -0.3 is 5.11 Å². The molecule has 0 radical (unpaired) electrons. The first kappa shape index (κ1) is 15.7. The highest BCUT2D eigenvalue weighted by molar-refractivity contribution is 7.87. The molecule has 1 saturated carbocycles. The SMILES string of the molecule is CC(C)CC(CNS(=O)(=O)N1CC2CCC1C2)C(=O)O. The maximum absolute atomic E-state index is 12.3. The lowest BCUT2D eigenvalue weighted by atomic mass is 9.98. The van der Waals surface area contributed by atoms with Gasteiger partial charge in [0.15, 0.2) is 0 Å². The minimum atomic E-state index is -3.54. The van der Waals surface area contributed by atoms with E-state index in [0.29, 0.717) is 18.9 Å². The summed E-state index contributed by atoms with van der Waals surface area (Å²) < 4.78 is 28.5. The van der Waals surface area contributed by atoms with Gasteiger partial charge in [-0.1, -0.05) is 13.8 Å². The normalized spacial score (nSPS) is 28.1. The largest absolute Gasteiger partial charge is 0.481 e.